The lowest BCUT2D eigenvalue weighted by molar-refractivity contribution is -0.135. The zero-order chi connectivity index (χ0) is 18.7. The van der Waals surface area contributed by atoms with Crippen molar-refractivity contribution in [3.05, 3.63) is 68.7 Å². The van der Waals surface area contributed by atoms with E-state index in [1.807, 2.05) is 25.2 Å². The van der Waals surface area contributed by atoms with Gasteiger partial charge in [-0.15, -0.1) is 0 Å². The van der Waals surface area contributed by atoms with E-state index in [2.05, 4.69) is 28.8 Å². The molecule has 0 aromatic heterocycles. The molecule has 3 rings (SSSR count). The predicted octanol–water partition coefficient (Wildman–Crippen LogP) is 4.35. The van der Waals surface area contributed by atoms with Gasteiger partial charge in [0.1, 0.15) is 0 Å². The topological polar surface area (TPSA) is 61.4 Å². The highest BCUT2D eigenvalue weighted by Crippen LogP contribution is 2.42. The molecule has 1 unspecified atom stereocenters. The number of hydrogen-bond acceptors (Lipinski definition) is 3. The molecule has 6 heteroatoms. The first-order chi connectivity index (χ1) is 12.5. The number of nitrogens with one attached hydrogen (secondary N) is 2. The number of aliphatic carboxylic acids is 1. The van der Waals surface area contributed by atoms with Gasteiger partial charge in [0, 0.05) is 18.5 Å². The van der Waals surface area contributed by atoms with Crippen molar-refractivity contribution in [2.75, 3.05) is 13.6 Å². The fraction of sp³-hybridized carbons (Fsp3) is 0.350. The summed E-state index contributed by atoms with van der Waals surface area (Å²) in [6.45, 7) is 0.492. The summed E-state index contributed by atoms with van der Waals surface area (Å²) >= 11 is 12.3. The van der Waals surface area contributed by atoms with Crippen molar-refractivity contribution in [3.8, 4) is 0 Å². The third kappa shape index (κ3) is 4.21. The van der Waals surface area contributed by atoms with Crippen LogP contribution in [0.5, 0.6) is 0 Å². The molecule has 1 aliphatic rings. The third-order valence-electron chi connectivity index (χ3n) is 4.95. The van der Waals surface area contributed by atoms with Crippen LogP contribution in [0.15, 0.2) is 36.4 Å². The molecule has 0 radical (unpaired) electrons. The SMILES string of the molecule is CNC1CC[C@@H](c2ccc(Cl)c(Cl)c2)c2ccc(CNCC(=O)O)cc21. The number of fused-ring (bicyclic) bond motifs is 1. The number of hydrogen-bond donors (Lipinski definition) is 3. The highest BCUT2D eigenvalue weighted by Gasteiger charge is 2.28. The summed E-state index contributed by atoms with van der Waals surface area (Å²) in [5, 5.41) is 16.3. The molecule has 2 aromatic rings. The van der Waals surface area contributed by atoms with Crippen LogP contribution in [0.1, 0.15) is 47.1 Å². The summed E-state index contributed by atoms with van der Waals surface area (Å²) in [5.41, 5.74) is 4.81. The van der Waals surface area contributed by atoms with E-state index in [1.165, 1.54) is 16.7 Å². The number of rotatable bonds is 6. The van der Waals surface area contributed by atoms with Gasteiger partial charge >= 0.3 is 5.97 Å². The lowest BCUT2D eigenvalue weighted by Gasteiger charge is -2.32. The van der Waals surface area contributed by atoms with Gasteiger partial charge < -0.3 is 15.7 Å². The normalized spacial score (nSPS) is 19.2. The summed E-state index contributed by atoms with van der Waals surface area (Å²) in [6.07, 6.45) is 2.06. The average Bonchev–Trinajstić information content (AvgIpc) is 2.62. The minimum Gasteiger partial charge on any atom is -0.480 e. The maximum Gasteiger partial charge on any atom is 0.317 e. The molecule has 2 aromatic carbocycles. The Balaban J connectivity index is 1.90. The van der Waals surface area contributed by atoms with Crippen LogP contribution >= 0.6 is 23.2 Å². The Kier molecular flexibility index (Phi) is 6.20. The number of halogens is 2. The Labute approximate surface area is 163 Å². The van der Waals surface area contributed by atoms with E-state index < -0.39 is 5.97 Å². The molecule has 26 heavy (non-hydrogen) atoms. The van der Waals surface area contributed by atoms with Gasteiger partial charge in [0.25, 0.3) is 0 Å². The number of carboxylic acid groups (broad SMARTS) is 1. The van der Waals surface area contributed by atoms with Crippen molar-refractivity contribution in [1.82, 2.24) is 10.6 Å². The molecule has 2 atom stereocenters. The van der Waals surface area contributed by atoms with Gasteiger partial charge in [-0.1, -0.05) is 47.5 Å². The third-order valence-corrected chi connectivity index (χ3v) is 5.68. The second-order valence-corrected chi connectivity index (χ2v) is 7.42. The van der Waals surface area contributed by atoms with E-state index in [-0.39, 0.29) is 12.5 Å². The minimum atomic E-state index is -0.851. The quantitative estimate of drug-likeness (QED) is 0.683. The Morgan fingerprint density at radius 2 is 1.92 bits per heavy atom. The second kappa shape index (κ2) is 8.40. The van der Waals surface area contributed by atoms with Crippen LogP contribution in [0.2, 0.25) is 10.0 Å². The molecule has 1 aliphatic carbocycles. The fourth-order valence-corrected chi connectivity index (χ4v) is 3.99. The van der Waals surface area contributed by atoms with E-state index in [9.17, 15) is 4.79 Å². The van der Waals surface area contributed by atoms with Crippen molar-refractivity contribution in [3.63, 3.8) is 0 Å². The Morgan fingerprint density at radius 3 is 2.62 bits per heavy atom. The second-order valence-electron chi connectivity index (χ2n) is 6.61. The molecule has 0 aliphatic heterocycles. The van der Waals surface area contributed by atoms with Gasteiger partial charge in [0.05, 0.1) is 16.6 Å². The van der Waals surface area contributed by atoms with Crippen molar-refractivity contribution >= 4 is 29.2 Å². The standard InChI is InChI=1S/C20H22Cl2N2O2/c1-23-19-7-5-14(13-3-6-17(21)18(22)9-13)15-4-2-12(8-16(15)19)10-24-11-20(25)26/h2-4,6,8-9,14,19,23-24H,5,7,10-11H2,1H3,(H,25,26)/t14-,19?/m0/s1. The Morgan fingerprint density at radius 1 is 1.12 bits per heavy atom. The summed E-state index contributed by atoms with van der Waals surface area (Å²) in [7, 11) is 1.98. The van der Waals surface area contributed by atoms with Crippen LogP contribution in [-0.4, -0.2) is 24.7 Å². The first kappa shape index (κ1) is 19.2. The first-order valence-corrected chi connectivity index (χ1v) is 9.42. The van der Waals surface area contributed by atoms with E-state index in [0.717, 1.165) is 18.4 Å². The van der Waals surface area contributed by atoms with Crippen LogP contribution in [0.25, 0.3) is 0 Å². The van der Waals surface area contributed by atoms with Crippen molar-refractivity contribution < 1.29 is 9.90 Å². The molecular weight excluding hydrogens is 371 g/mol. The maximum absolute atomic E-state index is 10.7. The lowest BCUT2D eigenvalue weighted by Crippen LogP contribution is -2.25. The highest BCUT2D eigenvalue weighted by atomic mass is 35.5. The molecule has 138 valence electrons. The van der Waals surface area contributed by atoms with E-state index in [0.29, 0.717) is 22.6 Å². The van der Waals surface area contributed by atoms with E-state index in [1.54, 1.807) is 0 Å². The number of carboxylic acids is 1. The zero-order valence-corrected chi connectivity index (χ0v) is 16.1. The minimum absolute atomic E-state index is 0.0432. The van der Waals surface area contributed by atoms with Gasteiger partial charge in [-0.25, -0.2) is 0 Å². The highest BCUT2D eigenvalue weighted by molar-refractivity contribution is 6.42. The molecule has 4 nitrogen and oxygen atoms in total. The summed E-state index contributed by atoms with van der Waals surface area (Å²) in [4.78, 5) is 10.7. The molecule has 0 fully saturated rings. The number of carbonyl (C=O) groups is 1. The molecule has 0 amide bonds. The first-order valence-electron chi connectivity index (χ1n) is 8.67. The zero-order valence-electron chi connectivity index (χ0n) is 14.6. The Hall–Kier alpha value is -1.59. The molecule has 0 saturated carbocycles. The lowest BCUT2D eigenvalue weighted by atomic mass is 9.76. The maximum atomic E-state index is 10.7. The van der Waals surface area contributed by atoms with Gasteiger partial charge in [-0.2, -0.15) is 0 Å². The largest absolute Gasteiger partial charge is 0.480 e. The molecule has 0 bridgehead atoms. The monoisotopic (exact) mass is 392 g/mol. The molecule has 0 heterocycles. The predicted molar refractivity (Wildman–Crippen MR) is 105 cm³/mol. The summed E-state index contributed by atoms with van der Waals surface area (Å²) in [6, 6.07) is 12.6. The van der Waals surface area contributed by atoms with Gasteiger partial charge in [-0.05, 0) is 54.3 Å². The van der Waals surface area contributed by atoms with E-state index >= 15 is 0 Å². The molecule has 3 N–H and O–H groups in total. The van der Waals surface area contributed by atoms with Crippen LogP contribution < -0.4 is 10.6 Å². The summed E-state index contributed by atoms with van der Waals surface area (Å²) < 4.78 is 0. The van der Waals surface area contributed by atoms with Crippen molar-refractivity contribution in [2.45, 2.75) is 31.3 Å². The van der Waals surface area contributed by atoms with Crippen LogP contribution in [-0.2, 0) is 11.3 Å². The van der Waals surface area contributed by atoms with Crippen molar-refractivity contribution in [2.24, 2.45) is 0 Å². The summed E-state index contributed by atoms with van der Waals surface area (Å²) in [5.74, 6) is -0.568. The van der Waals surface area contributed by atoms with Crippen LogP contribution in [0, 0.1) is 0 Å². The fourth-order valence-electron chi connectivity index (χ4n) is 3.69. The van der Waals surface area contributed by atoms with Crippen molar-refractivity contribution in [1.29, 1.82) is 0 Å². The number of benzene rings is 2. The average molecular weight is 393 g/mol. The van der Waals surface area contributed by atoms with Gasteiger partial charge in [0.15, 0.2) is 0 Å². The smallest absolute Gasteiger partial charge is 0.317 e. The van der Waals surface area contributed by atoms with Crippen LogP contribution in [0.3, 0.4) is 0 Å². The van der Waals surface area contributed by atoms with Gasteiger partial charge in [-0.3, -0.25) is 4.79 Å². The molecule has 0 saturated heterocycles. The van der Waals surface area contributed by atoms with E-state index in [4.69, 9.17) is 28.3 Å². The molecule has 0 spiro atoms. The van der Waals surface area contributed by atoms with Gasteiger partial charge in [0.2, 0.25) is 0 Å². The van der Waals surface area contributed by atoms with Crippen LogP contribution in [0.4, 0.5) is 0 Å². The molecular formula is C20H22Cl2N2O2. The Bertz CT molecular complexity index is 810.